The van der Waals surface area contributed by atoms with Gasteiger partial charge in [-0.3, -0.25) is 9.59 Å². The third-order valence-electron chi connectivity index (χ3n) is 5.75. The second-order valence-electron chi connectivity index (χ2n) is 7.43. The largest absolute Gasteiger partial charge is 0.340 e. The molecular formula is C19H23F2N3O2. The molecule has 3 unspecified atom stereocenters. The average molecular weight is 363 g/mol. The molecule has 3 aliphatic rings. The van der Waals surface area contributed by atoms with Crippen LogP contribution in [0.2, 0.25) is 0 Å². The number of piperazine rings is 1. The van der Waals surface area contributed by atoms with Gasteiger partial charge in [0.15, 0.2) is 0 Å². The predicted molar refractivity (Wildman–Crippen MR) is 91.4 cm³/mol. The van der Waals surface area contributed by atoms with Gasteiger partial charge in [0, 0.05) is 49.6 Å². The van der Waals surface area contributed by atoms with Crippen molar-refractivity contribution in [3.63, 3.8) is 0 Å². The first-order valence-electron chi connectivity index (χ1n) is 9.29. The normalized spacial score (nSPS) is 29.0. The first-order chi connectivity index (χ1) is 12.6. The fraction of sp³-hybridized carbons (Fsp3) is 0.579. The Kier molecular flexibility index (Phi) is 4.65. The van der Waals surface area contributed by atoms with Crippen LogP contribution in [-0.2, 0) is 9.59 Å². The molecule has 3 fully saturated rings. The number of piperidine rings is 1. The topological polar surface area (TPSA) is 52.7 Å². The van der Waals surface area contributed by atoms with E-state index in [-0.39, 0.29) is 35.3 Å². The molecule has 5 nitrogen and oxygen atoms in total. The Morgan fingerprint density at radius 3 is 2.69 bits per heavy atom. The van der Waals surface area contributed by atoms with Gasteiger partial charge in [-0.05, 0) is 31.4 Å². The molecule has 1 aromatic carbocycles. The van der Waals surface area contributed by atoms with Crippen LogP contribution in [-0.4, -0.2) is 60.4 Å². The number of benzene rings is 1. The van der Waals surface area contributed by atoms with Crippen molar-refractivity contribution < 1.29 is 18.4 Å². The summed E-state index contributed by atoms with van der Waals surface area (Å²) in [6.45, 7) is 2.96. The molecule has 2 aliphatic heterocycles. The summed E-state index contributed by atoms with van der Waals surface area (Å²) in [5.41, 5.74) is 0.0386. The number of hydrogen-bond donors (Lipinski definition) is 1. The van der Waals surface area contributed by atoms with E-state index in [1.165, 1.54) is 18.2 Å². The zero-order chi connectivity index (χ0) is 18.3. The van der Waals surface area contributed by atoms with E-state index in [2.05, 4.69) is 5.32 Å². The minimum Gasteiger partial charge on any atom is -0.340 e. The summed E-state index contributed by atoms with van der Waals surface area (Å²) in [4.78, 5) is 28.6. The number of carbonyl (C=O) groups is 2. The molecule has 0 radical (unpaired) electrons. The summed E-state index contributed by atoms with van der Waals surface area (Å²) < 4.78 is 27.9. The van der Waals surface area contributed by atoms with Crippen molar-refractivity contribution in [1.29, 1.82) is 0 Å². The second-order valence-corrected chi connectivity index (χ2v) is 7.43. The van der Waals surface area contributed by atoms with Crippen molar-refractivity contribution in [2.24, 2.45) is 5.92 Å². The Morgan fingerprint density at radius 2 is 1.96 bits per heavy atom. The maximum atomic E-state index is 14.0. The fourth-order valence-electron chi connectivity index (χ4n) is 4.30. The van der Waals surface area contributed by atoms with E-state index in [9.17, 15) is 18.4 Å². The standard InChI is InChI=1S/C19H23F2N3O2/c20-15-4-1-5-16(21)18(15)13-9-14(13)19(26)23-7-2-3-12(11-23)24-8-6-22-10-17(24)25/h1,4-5,12-14,22H,2-3,6-11H2. The molecule has 1 saturated carbocycles. The summed E-state index contributed by atoms with van der Waals surface area (Å²) in [6.07, 6.45) is 2.23. The van der Waals surface area contributed by atoms with E-state index in [1.54, 1.807) is 4.90 Å². The summed E-state index contributed by atoms with van der Waals surface area (Å²) in [6, 6.07) is 3.87. The molecule has 26 heavy (non-hydrogen) atoms. The molecule has 4 rings (SSSR count). The van der Waals surface area contributed by atoms with E-state index in [0.717, 1.165) is 19.4 Å². The number of hydrogen-bond acceptors (Lipinski definition) is 3. The Hall–Kier alpha value is -2.02. The smallest absolute Gasteiger partial charge is 0.236 e. The lowest BCUT2D eigenvalue weighted by molar-refractivity contribution is -0.141. The molecule has 2 heterocycles. The molecule has 1 N–H and O–H groups in total. The molecule has 2 saturated heterocycles. The number of amides is 2. The number of rotatable bonds is 3. The van der Waals surface area contributed by atoms with E-state index in [0.29, 0.717) is 32.6 Å². The van der Waals surface area contributed by atoms with Crippen molar-refractivity contribution in [3.05, 3.63) is 35.4 Å². The Bertz CT molecular complexity index is 706. The van der Waals surface area contributed by atoms with E-state index < -0.39 is 11.6 Å². The molecule has 7 heteroatoms. The van der Waals surface area contributed by atoms with Crippen LogP contribution in [0.4, 0.5) is 8.78 Å². The minimum absolute atomic E-state index is 0.0371. The van der Waals surface area contributed by atoms with Gasteiger partial charge in [-0.15, -0.1) is 0 Å². The predicted octanol–water partition coefficient (Wildman–Crippen LogP) is 1.49. The molecular weight excluding hydrogens is 340 g/mol. The van der Waals surface area contributed by atoms with Gasteiger partial charge in [-0.1, -0.05) is 6.07 Å². The van der Waals surface area contributed by atoms with Gasteiger partial charge in [0.1, 0.15) is 11.6 Å². The maximum absolute atomic E-state index is 14.0. The zero-order valence-corrected chi connectivity index (χ0v) is 14.6. The summed E-state index contributed by atoms with van der Waals surface area (Å²) in [5.74, 6) is -1.83. The highest BCUT2D eigenvalue weighted by Crippen LogP contribution is 2.50. The molecule has 0 spiro atoms. The van der Waals surface area contributed by atoms with Gasteiger partial charge in [0.25, 0.3) is 0 Å². The van der Waals surface area contributed by atoms with Crippen molar-refractivity contribution in [3.8, 4) is 0 Å². The van der Waals surface area contributed by atoms with E-state index in [1.807, 2.05) is 4.90 Å². The molecule has 3 atom stereocenters. The molecule has 2 amide bonds. The summed E-state index contributed by atoms with van der Waals surface area (Å²) in [7, 11) is 0. The van der Waals surface area contributed by atoms with Crippen LogP contribution < -0.4 is 5.32 Å². The van der Waals surface area contributed by atoms with Crippen molar-refractivity contribution in [2.75, 3.05) is 32.7 Å². The van der Waals surface area contributed by atoms with Crippen LogP contribution >= 0.6 is 0 Å². The fourth-order valence-corrected chi connectivity index (χ4v) is 4.30. The van der Waals surface area contributed by atoms with Gasteiger partial charge >= 0.3 is 0 Å². The van der Waals surface area contributed by atoms with Gasteiger partial charge < -0.3 is 15.1 Å². The van der Waals surface area contributed by atoms with E-state index >= 15 is 0 Å². The van der Waals surface area contributed by atoms with Gasteiger partial charge in [0.2, 0.25) is 11.8 Å². The highest BCUT2D eigenvalue weighted by Gasteiger charge is 2.48. The van der Waals surface area contributed by atoms with Crippen LogP contribution in [0.5, 0.6) is 0 Å². The molecule has 140 valence electrons. The Morgan fingerprint density at radius 1 is 1.19 bits per heavy atom. The average Bonchev–Trinajstić information content (AvgIpc) is 3.42. The molecule has 0 bridgehead atoms. The van der Waals surface area contributed by atoms with Crippen molar-refractivity contribution >= 4 is 11.8 Å². The Labute approximate surface area is 151 Å². The Balaban J connectivity index is 1.42. The number of halogens is 2. The summed E-state index contributed by atoms with van der Waals surface area (Å²) in [5, 5.41) is 3.06. The lowest BCUT2D eigenvalue weighted by atomic mass is 10.0. The maximum Gasteiger partial charge on any atom is 0.236 e. The van der Waals surface area contributed by atoms with Gasteiger partial charge in [-0.2, -0.15) is 0 Å². The highest BCUT2D eigenvalue weighted by molar-refractivity contribution is 5.83. The SMILES string of the molecule is O=C(C1CC1c1c(F)cccc1F)N1CCCC(N2CCNCC2=O)C1. The lowest BCUT2D eigenvalue weighted by Gasteiger charge is -2.41. The third kappa shape index (κ3) is 3.20. The molecule has 0 aromatic heterocycles. The van der Waals surface area contributed by atoms with Crippen LogP contribution in [0, 0.1) is 17.6 Å². The first kappa shape index (κ1) is 17.4. The zero-order valence-electron chi connectivity index (χ0n) is 14.6. The second kappa shape index (κ2) is 6.95. The lowest BCUT2D eigenvalue weighted by Crippen LogP contribution is -2.57. The number of nitrogens with zero attached hydrogens (tertiary/aromatic N) is 2. The van der Waals surface area contributed by atoms with E-state index in [4.69, 9.17) is 0 Å². The number of carbonyl (C=O) groups excluding carboxylic acids is 2. The third-order valence-corrected chi connectivity index (χ3v) is 5.75. The summed E-state index contributed by atoms with van der Waals surface area (Å²) >= 11 is 0. The van der Waals surface area contributed by atoms with Crippen LogP contribution in [0.15, 0.2) is 18.2 Å². The van der Waals surface area contributed by atoms with Crippen LogP contribution in [0.1, 0.15) is 30.7 Å². The van der Waals surface area contributed by atoms with Gasteiger partial charge in [0.05, 0.1) is 6.54 Å². The highest BCUT2D eigenvalue weighted by atomic mass is 19.1. The number of nitrogens with one attached hydrogen (secondary N) is 1. The quantitative estimate of drug-likeness (QED) is 0.885. The molecule has 1 aliphatic carbocycles. The minimum atomic E-state index is -0.576. The van der Waals surface area contributed by atoms with Crippen LogP contribution in [0.25, 0.3) is 0 Å². The van der Waals surface area contributed by atoms with Crippen LogP contribution in [0.3, 0.4) is 0 Å². The van der Waals surface area contributed by atoms with Crippen molar-refractivity contribution in [1.82, 2.24) is 15.1 Å². The molecule has 1 aromatic rings. The first-order valence-corrected chi connectivity index (χ1v) is 9.29. The van der Waals surface area contributed by atoms with Crippen molar-refractivity contribution in [2.45, 2.75) is 31.2 Å². The van der Waals surface area contributed by atoms with Gasteiger partial charge in [-0.25, -0.2) is 8.78 Å². The number of likely N-dealkylation sites (tertiary alicyclic amines) is 1. The monoisotopic (exact) mass is 363 g/mol.